The van der Waals surface area contributed by atoms with Crippen molar-refractivity contribution in [3.8, 4) is 0 Å². The number of rotatable bonds is 5. The highest BCUT2D eigenvalue weighted by Crippen LogP contribution is 2.11. The van der Waals surface area contributed by atoms with Crippen molar-refractivity contribution in [2.75, 3.05) is 12.3 Å². The summed E-state index contributed by atoms with van der Waals surface area (Å²) in [6, 6.07) is 6.51. The lowest BCUT2D eigenvalue weighted by molar-refractivity contribution is -0.120. The number of benzene rings is 1. The van der Waals surface area contributed by atoms with Crippen LogP contribution in [0.25, 0.3) is 0 Å². The molecule has 2 aromatic rings. The van der Waals surface area contributed by atoms with Crippen LogP contribution >= 0.6 is 11.3 Å². The van der Waals surface area contributed by atoms with Gasteiger partial charge in [-0.15, -0.1) is 11.3 Å². The van der Waals surface area contributed by atoms with Crippen molar-refractivity contribution in [3.05, 3.63) is 45.9 Å². The van der Waals surface area contributed by atoms with Crippen molar-refractivity contribution < 1.29 is 9.59 Å². The quantitative estimate of drug-likeness (QED) is 0.720. The number of anilines is 1. The monoisotopic (exact) mass is 304 g/mol. The van der Waals surface area contributed by atoms with E-state index >= 15 is 0 Å². The molecule has 0 radical (unpaired) electrons. The molecule has 0 aliphatic rings. The maximum Gasteiger partial charge on any atom is 0.251 e. The van der Waals surface area contributed by atoms with Gasteiger partial charge in [-0.1, -0.05) is 0 Å². The highest BCUT2D eigenvalue weighted by Gasteiger charge is 2.08. The van der Waals surface area contributed by atoms with Gasteiger partial charge < -0.3 is 16.4 Å². The molecule has 1 aromatic heterocycles. The molecule has 0 spiro atoms. The van der Waals surface area contributed by atoms with Crippen LogP contribution < -0.4 is 16.4 Å². The van der Waals surface area contributed by atoms with Crippen LogP contribution in [0.5, 0.6) is 0 Å². The maximum atomic E-state index is 11.8. The van der Waals surface area contributed by atoms with Crippen LogP contribution in [-0.4, -0.2) is 23.3 Å². The predicted molar refractivity (Wildman–Crippen MR) is 81.9 cm³/mol. The highest BCUT2D eigenvalue weighted by atomic mass is 32.1. The summed E-state index contributed by atoms with van der Waals surface area (Å²) in [5.74, 6) is -0.550. The molecule has 0 fully saturated rings. The largest absolute Gasteiger partial charge is 0.399 e. The second kappa shape index (κ2) is 6.85. The summed E-state index contributed by atoms with van der Waals surface area (Å²) in [4.78, 5) is 28.6. The molecule has 0 aliphatic heterocycles. The molecule has 2 rings (SSSR count). The van der Waals surface area contributed by atoms with Gasteiger partial charge in [-0.05, 0) is 31.2 Å². The third kappa shape index (κ3) is 4.28. The number of hydrogen-bond acceptors (Lipinski definition) is 5. The molecule has 7 heteroatoms. The number of aromatic nitrogens is 1. The van der Waals surface area contributed by atoms with Gasteiger partial charge in [0, 0.05) is 16.1 Å². The fraction of sp³-hybridized carbons (Fsp3) is 0.214. The van der Waals surface area contributed by atoms with Crippen LogP contribution in [0.4, 0.5) is 5.69 Å². The molecule has 1 heterocycles. The van der Waals surface area contributed by atoms with Gasteiger partial charge in [-0.2, -0.15) is 0 Å². The average Bonchev–Trinajstić information content (AvgIpc) is 2.88. The van der Waals surface area contributed by atoms with Crippen LogP contribution in [0.1, 0.15) is 20.9 Å². The first-order valence-corrected chi connectivity index (χ1v) is 7.23. The second-order valence-corrected chi connectivity index (χ2v) is 5.38. The minimum absolute atomic E-state index is 0.0684. The van der Waals surface area contributed by atoms with Crippen molar-refractivity contribution in [2.45, 2.75) is 13.5 Å². The van der Waals surface area contributed by atoms with Crippen molar-refractivity contribution in [1.82, 2.24) is 15.6 Å². The zero-order valence-electron chi connectivity index (χ0n) is 11.6. The van der Waals surface area contributed by atoms with E-state index in [2.05, 4.69) is 15.6 Å². The predicted octanol–water partition coefficient (Wildman–Crippen LogP) is 1.08. The van der Waals surface area contributed by atoms with E-state index < -0.39 is 0 Å². The summed E-state index contributed by atoms with van der Waals surface area (Å²) in [5.41, 5.74) is 9.25. The summed E-state index contributed by atoms with van der Waals surface area (Å²) in [6.45, 7) is 2.25. The summed E-state index contributed by atoms with van der Waals surface area (Å²) in [6.07, 6.45) is 0. The lowest BCUT2D eigenvalue weighted by Crippen LogP contribution is -2.36. The molecule has 1 aromatic carbocycles. The Balaban J connectivity index is 1.77. The molecule has 0 atom stereocenters. The number of nitrogens with zero attached hydrogens (tertiary/aromatic N) is 1. The molecule has 4 N–H and O–H groups in total. The van der Waals surface area contributed by atoms with E-state index in [9.17, 15) is 9.59 Å². The van der Waals surface area contributed by atoms with E-state index in [4.69, 9.17) is 5.73 Å². The minimum Gasteiger partial charge on any atom is -0.399 e. The topological polar surface area (TPSA) is 97.1 Å². The van der Waals surface area contributed by atoms with Gasteiger partial charge in [-0.25, -0.2) is 4.98 Å². The van der Waals surface area contributed by atoms with Gasteiger partial charge in [0.15, 0.2) is 0 Å². The van der Waals surface area contributed by atoms with Gasteiger partial charge in [0.2, 0.25) is 5.91 Å². The Bertz CT molecular complexity index is 637. The summed E-state index contributed by atoms with van der Waals surface area (Å²) >= 11 is 1.49. The zero-order valence-corrected chi connectivity index (χ0v) is 12.4. The summed E-state index contributed by atoms with van der Waals surface area (Å²) in [5, 5.41) is 5.30. The Labute approximate surface area is 126 Å². The molecule has 0 saturated heterocycles. The Morgan fingerprint density at radius 1 is 1.24 bits per heavy atom. The van der Waals surface area contributed by atoms with Gasteiger partial charge in [0.05, 0.1) is 24.3 Å². The first-order valence-electron chi connectivity index (χ1n) is 6.35. The lowest BCUT2D eigenvalue weighted by atomic mass is 10.2. The van der Waals surface area contributed by atoms with Crippen LogP contribution in [0.2, 0.25) is 0 Å². The van der Waals surface area contributed by atoms with E-state index in [0.29, 0.717) is 17.8 Å². The lowest BCUT2D eigenvalue weighted by Gasteiger charge is -2.06. The third-order valence-electron chi connectivity index (χ3n) is 2.87. The number of nitrogen functional groups attached to an aromatic ring is 1. The fourth-order valence-electron chi connectivity index (χ4n) is 1.63. The van der Waals surface area contributed by atoms with Crippen molar-refractivity contribution in [1.29, 1.82) is 0 Å². The maximum absolute atomic E-state index is 11.8. The molecule has 0 bridgehead atoms. The number of hydrogen-bond donors (Lipinski definition) is 3. The highest BCUT2D eigenvalue weighted by molar-refractivity contribution is 7.09. The van der Waals surface area contributed by atoms with Gasteiger partial charge in [0.25, 0.3) is 5.91 Å². The van der Waals surface area contributed by atoms with E-state index in [-0.39, 0.29) is 18.4 Å². The number of carbonyl (C=O) groups excluding carboxylic acids is 2. The molecule has 0 unspecified atom stereocenters. The van der Waals surface area contributed by atoms with E-state index in [1.165, 1.54) is 11.3 Å². The van der Waals surface area contributed by atoms with Gasteiger partial charge in [0.1, 0.15) is 0 Å². The first kappa shape index (κ1) is 15.0. The average molecular weight is 304 g/mol. The van der Waals surface area contributed by atoms with Crippen LogP contribution in [-0.2, 0) is 11.3 Å². The van der Waals surface area contributed by atoms with Crippen LogP contribution in [0.15, 0.2) is 29.8 Å². The number of nitrogens with two attached hydrogens (primary N) is 1. The van der Waals surface area contributed by atoms with E-state index in [1.807, 2.05) is 6.92 Å². The molecule has 6 nitrogen and oxygen atoms in total. The standard InChI is InChI=1S/C14H16N4O2S/c1-9-12(21-8-18-9)6-16-13(19)7-17-14(20)10-2-4-11(15)5-3-10/h2-5,8H,6-7,15H2,1H3,(H,16,19)(H,17,20). The molecular formula is C14H16N4O2S. The molecule has 2 amide bonds. The molecule has 0 aliphatic carbocycles. The van der Waals surface area contributed by atoms with Crippen molar-refractivity contribution in [2.24, 2.45) is 0 Å². The second-order valence-electron chi connectivity index (χ2n) is 4.44. The van der Waals surface area contributed by atoms with E-state index in [0.717, 1.165) is 10.6 Å². The Kier molecular flexibility index (Phi) is 4.89. The van der Waals surface area contributed by atoms with Gasteiger partial charge in [-0.3, -0.25) is 9.59 Å². The summed E-state index contributed by atoms with van der Waals surface area (Å²) in [7, 11) is 0. The molecule has 21 heavy (non-hydrogen) atoms. The zero-order chi connectivity index (χ0) is 15.2. The number of nitrogens with one attached hydrogen (secondary N) is 2. The number of amides is 2. The number of aryl methyl sites for hydroxylation is 1. The first-order chi connectivity index (χ1) is 10.1. The van der Waals surface area contributed by atoms with Gasteiger partial charge >= 0.3 is 0 Å². The minimum atomic E-state index is -0.306. The number of thiazole rings is 1. The van der Waals surface area contributed by atoms with Crippen molar-refractivity contribution >= 4 is 28.8 Å². The van der Waals surface area contributed by atoms with Crippen molar-refractivity contribution in [3.63, 3.8) is 0 Å². The third-order valence-corrected chi connectivity index (χ3v) is 3.81. The molecule has 0 saturated carbocycles. The summed E-state index contributed by atoms with van der Waals surface area (Å²) < 4.78 is 0. The Hall–Kier alpha value is -2.41. The van der Waals surface area contributed by atoms with Crippen LogP contribution in [0, 0.1) is 6.92 Å². The Morgan fingerprint density at radius 2 is 1.95 bits per heavy atom. The molecule has 110 valence electrons. The Morgan fingerprint density at radius 3 is 2.57 bits per heavy atom. The van der Waals surface area contributed by atoms with Crippen LogP contribution in [0.3, 0.4) is 0 Å². The molecular weight excluding hydrogens is 288 g/mol. The SMILES string of the molecule is Cc1ncsc1CNC(=O)CNC(=O)c1ccc(N)cc1. The smallest absolute Gasteiger partial charge is 0.251 e. The van der Waals surface area contributed by atoms with E-state index in [1.54, 1.807) is 29.8 Å². The fourth-order valence-corrected chi connectivity index (χ4v) is 2.35. The normalized spacial score (nSPS) is 10.1. The number of carbonyl (C=O) groups is 2.